The van der Waals surface area contributed by atoms with E-state index in [4.69, 9.17) is 7.85 Å². The lowest BCUT2D eigenvalue weighted by Crippen LogP contribution is -2.01. The predicted molar refractivity (Wildman–Crippen MR) is 62.9 cm³/mol. The average Bonchev–Trinajstić information content (AvgIpc) is 2.08. The van der Waals surface area contributed by atoms with Crippen LogP contribution in [0.4, 0.5) is 0 Å². The van der Waals surface area contributed by atoms with Crippen molar-refractivity contribution in [3.63, 3.8) is 0 Å². The van der Waals surface area contributed by atoms with Gasteiger partial charge in [-0.1, -0.05) is 50.5 Å². The molecule has 12 heavy (non-hydrogen) atoms. The summed E-state index contributed by atoms with van der Waals surface area (Å²) >= 11 is 0. The van der Waals surface area contributed by atoms with Gasteiger partial charge >= 0.3 is 0 Å². The number of hydrogen-bond acceptors (Lipinski definition) is 0. The van der Waals surface area contributed by atoms with Crippen LogP contribution in [0.3, 0.4) is 0 Å². The van der Waals surface area contributed by atoms with Crippen LogP contribution in [0.5, 0.6) is 0 Å². The van der Waals surface area contributed by atoms with Gasteiger partial charge in [0.1, 0.15) is 7.85 Å². The van der Waals surface area contributed by atoms with E-state index in [0.29, 0.717) is 0 Å². The summed E-state index contributed by atoms with van der Waals surface area (Å²) in [5.74, 6) is 0. The minimum Gasteiger partial charge on any atom is -0.197 e. The standard InChI is InChI=1S/C8H9B.C2H6.H2S/c1-2-7-4-3-5-8(9)6-7;1-2;/h3-6H,2H2,1H3;1-2H3;1H2. The van der Waals surface area contributed by atoms with E-state index in [9.17, 15) is 0 Å². The molecule has 1 aromatic rings. The van der Waals surface area contributed by atoms with Gasteiger partial charge in [0.2, 0.25) is 0 Å². The van der Waals surface area contributed by atoms with Crippen molar-refractivity contribution in [3.8, 4) is 0 Å². The molecule has 0 fully saturated rings. The van der Waals surface area contributed by atoms with Gasteiger partial charge in [0.25, 0.3) is 0 Å². The van der Waals surface area contributed by atoms with Crippen LogP contribution >= 0.6 is 13.5 Å². The third kappa shape index (κ3) is 5.31. The topological polar surface area (TPSA) is 0 Å². The van der Waals surface area contributed by atoms with Crippen LogP contribution in [-0.4, -0.2) is 7.85 Å². The first-order valence-electron chi connectivity index (χ1n) is 4.17. The van der Waals surface area contributed by atoms with Gasteiger partial charge in [-0.05, 0) is 12.0 Å². The monoisotopic (exact) mass is 180 g/mol. The summed E-state index contributed by atoms with van der Waals surface area (Å²) in [4.78, 5) is 0. The maximum Gasteiger partial charge on any atom is 0.113 e. The molecule has 2 heteroatoms. The molecule has 0 saturated carbocycles. The first-order chi connectivity index (χ1) is 5.33. The molecule has 0 saturated heterocycles. The average molecular weight is 180 g/mol. The van der Waals surface area contributed by atoms with Gasteiger partial charge in [0.05, 0.1) is 0 Å². The molecule has 0 bridgehead atoms. The lowest BCUT2D eigenvalue weighted by atomic mass is 9.94. The Bertz CT molecular complexity index is 199. The Balaban J connectivity index is 0. The van der Waals surface area contributed by atoms with Crippen LogP contribution in [0.25, 0.3) is 0 Å². The summed E-state index contributed by atoms with van der Waals surface area (Å²) in [5, 5.41) is 0. The van der Waals surface area contributed by atoms with E-state index in [0.717, 1.165) is 11.9 Å². The second-order valence-corrected chi connectivity index (χ2v) is 2.10. The summed E-state index contributed by atoms with van der Waals surface area (Å²) < 4.78 is 0. The van der Waals surface area contributed by atoms with Gasteiger partial charge in [-0.3, -0.25) is 0 Å². The first-order valence-corrected chi connectivity index (χ1v) is 4.17. The lowest BCUT2D eigenvalue weighted by Gasteiger charge is -1.95. The van der Waals surface area contributed by atoms with E-state index in [1.807, 2.05) is 32.0 Å². The molecule has 0 aliphatic rings. The summed E-state index contributed by atoms with van der Waals surface area (Å²) in [6, 6.07) is 7.96. The van der Waals surface area contributed by atoms with Crippen LogP contribution in [0.1, 0.15) is 26.3 Å². The second-order valence-electron chi connectivity index (χ2n) is 2.10. The Morgan fingerprint density at radius 2 is 1.83 bits per heavy atom. The molecule has 0 atom stereocenters. The fraction of sp³-hybridized carbons (Fsp3) is 0.400. The molecule has 0 aliphatic carbocycles. The Morgan fingerprint density at radius 1 is 1.25 bits per heavy atom. The second kappa shape index (κ2) is 8.73. The molecule has 0 N–H and O–H groups in total. The number of aryl methyl sites for hydroxylation is 1. The molecule has 0 aromatic heterocycles. The quantitative estimate of drug-likeness (QED) is 0.581. The molecular weight excluding hydrogens is 163 g/mol. The lowest BCUT2D eigenvalue weighted by molar-refractivity contribution is 1.14. The van der Waals surface area contributed by atoms with Gasteiger partial charge in [0.15, 0.2) is 0 Å². The number of hydrogen-bond donors (Lipinski definition) is 0. The van der Waals surface area contributed by atoms with Gasteiger partial charge in [-0.2, -0.15) is 13.5 Å². The molecular formula is C10H17BS. The van der Waals surface area contributed by atoms with Crippen LogP contribution in [-0.2, 0) is 6.42 Å². The van der Waals surface area contributed by atoms with Gasteiger partial charge in [-0.25, -0.2) is 0 Å². The summed E-state index contributed by atoms with van der Waals surface area (Å²) in [6.07, 6.45) is 1.06. The van der Waals surface area contributed by atoms with Crippen molar-refractivity contribution < 1.29 is 0 Å². The van der Waals surface area contributed by atoms with Crippen molar-refractivity contribution in [3.05, 3.63) is 29.8 Å². The van der Waals surface area contributed by atoms with E-state index in [1.54, 1.807) is 0 Å². The third-order valence-electron chi connectivity index (χ3n) is 1.36. The molecule has 1 aromatic carbocycles. The third-order valence-corrected chi connectivity index (χ3v) is 1.36. The molecule has 0 aliphatic heterocycles. The van der Waals surface area contributed by atoms with Crippen molar-refractivity contribution in [2.75, 3.05) is 0 Å². The number of benzene rings is 1. The Labute approximate surface area is 84.2 Å². The van der Waals surface area contributed by atoms with Crippen molar-refractivity contribution >= 4 is 26.8 Å². The Hall–Kier alpha value is -0.365. The van der Waals surface area contributed by atoms with Gasteiger partial charge in [0, 0.05) is 0 Å². The van der Waals surface area contributed by atoms with E-state index in [1.165, 1.54) is 5.56 Å². The highest BCUT2D eigenvalue weighted by Crippen LogP contribution is 1.94. The molecule has 0 unspecified atom stereocenters. The summed E-state index contributed by atoms with van der Waals surface area (Å²) in [7, 11) is 5.53. The van der Waals surface area contributed by atoms with E-state index in [-0.39, 0.29) is 13.5 Å². The zero-order valence-corrected chi connectivity index (χ0v) is 9.09. The minimum absolute atomic E-state index is 0. The normalized spacial score (nSPS) is 7.58. The smallest absolute Gasteiger partial charge is 0.113 e. The molecule has 0 spiro atoms. The largest absolute Gasteiger partial charge is 0.197 e. The highest BCUT2D eigenvalue weighted by molar-refractivity contribution is 7.59. The van der Waals surface area contributed by atoms with Crippen molar-refractivity contribution in [2.24, 2.45) is 0 Å². The molecule has 1 rings (SSSR count). The van der Waals surface area contributed by atoms with Crippen LogP contribution in [0.2, 0.25) is 0 Å². The van der Waals surface area contributed by atoms with Crippen LogP contribution in [0.15, 0.2) is 24.3 Å². The summed E-state index contributed by atoms with van der Waals surface area (Å²) in [5.41, 5.74) is 2.16. The summed E-state index contributed by atoms with van der Waals surface area (Å²) in [6.45, 7) is 6.12. The van der Waals surface area contributed by atoms with Crippen LogP contribution in [0, 0.1) is 0 Å². The number of rotatable bonds is 1. The van der Waals surface area contributed by atoms with Gasteiger partial charge in [-0.15, -0.1) is 0 Å². The zero-order valence-electron chi connectivity index (χ0n) is 8.09. The molecule has 66 valence electrons. The highest BCUT2D eigenvalue weighted by Gasteiger charge is 1.85. The van der Waals surface area contributed by atoms with E-state index in [2.05, 4.69) is 13.0 Å². The maximum atomic E-state index is 5.53. The molecule has 0 heterocycles. The molecule has 0 amide bonds. The Kier molecular flexibility index (Phi) is 10.3. The van der Waals surface area contributed by atoms with Crippen molar-refractivity contribution in [1.29, 1.82) is 0 Å². The van der Waals surface area contributed by atoms with Crippen molar-refractivity contribution in [2.45, 2.75) is 27.2 Å². The SMILES string of the molecule is CC.S.[B]c1cccc(CC)c1. The first kappa shape index (κ1) is 14.2. The minimum atomic E-state index is 0. The molecule has 0 nitrogen and oxygen atoms in total. The van der Waals surface area contributed by atoms with E-state index < -0.39 is 0 Å². The molecule has 2 radical (unpaired) electrons. The highest BCUT2D eigenvalue weighted by atomic mass is 32.1. The zero-order chi connectivity index (χ0) is 8.69. The fourth-order valence-electron chi connectivity index (χ4n) is 0.813. The van der Waals surface area contributed by atoms with Gasteiger partial charge < -0.3 is 0 Å². The Morgan fingerprint density at radius 3 is 2.17 bits per heavy atom. The fourth-order valence-corrected chi connectivity index (χ4v) is 0.813. The van der Waals surface area contributed by atoms with Crippen molar-refractivity contribution in [1.82, 2.24) is 0 Å². The predicted octanol–water partition coefficient (Wildman–Crippen LogP) is 2.18. The van der Waals surface area contributed by atoms with E-state index >= 15 is 0 Å². The maximum absolute atomic E-state index is 5.53. The van der Waals surface area contributed by atoms with Crippen LogP contribution < -0.4 is 5.46 Å².